The lowest BCUT2D eigenvalue weighted by Gasteiger charge is -2.41. The van der Waals surface area contributed by atoms with Crippen molar-refractivity contribution in [2.45, 2.75) is 25.8 Å². The average Bonchev–Trinajstić information content (AvgIpc) is 3.19. The van der Waals surface area contributed by atoms with Crippen LogP contribution in [0.5, 0.6) is 0 Å². The van der Waals surface area contributed by atoms with Crippen molar-refractivity contribution in [3.63, 3.8) is 0 Å². The van der Waals surface area contributed by atoms with Crippen molar-refractivity contribution in [2.75, 3.05) is 44.3 Å². The number of piperidine rings is 1. The molecule has 2 aromatic rings. The number of hydrogen-bond acceptors (Lipinski definition) is 5. The molecule has 2 aliphatic rings. The number of ether oxygens (including phenoxy) is 1. The number of hydrogen-bond donors (Lipinski definition) is 0. The molecule has 0 radical (unpaired) electrons. The number of morpholine rings is 1. The second-order valence-corrected chi connectivity index (χ2v) is 8.07. The van der Waals surface area contributed by atoms with Crippen LogP contribution in [-0.2, 0) is 4.74 Å². The van der Waals surface area contributed by atoms with Gasteiger partial charge >= 0.3 is 0 Å². The van der Waals surface area contributed by atoms with Crippen LogP contribution in [0.15, 0.2) is 29.6 Å². The predicted molar refractivity (Wildman–Crippen MR) is 104 cm³/mol. The Kier molecular flexibility index (Phi) is 5.52. The van der Waals surface area contributed by atoms with Crippen LogP contribution in [-0.4, -0.2) is 55.3 Å². The highest BCUT2D eigenvalue weighted by Crippen LogP contribution is 2.32. The van der Waals surface area contributed by atoms with E-state index < -0.39 is 0 Å². The molecule has 2 fully saturated rings. The second-order valence-electron chi connectivity index (χ2n) is 7.24. The van der Waals surface area contributed by atoms with Crippen LogP contribution in [0.2, 0.25) is 0 Å². The summed E-state index contributed by atoms with van der Waals surface area (Å²) in [4.78, 5) is 9.77. The summed E-state index contributed by atoms with van der Waals surface area (Å²) in [7, 11) is 0. The lowest BCUT2D eigenvalue weighted by atomic mass is 9.89. The van der Waals surface area contributed by atoms with Gasteiger partial charge in [0.15, 0.2) is 5.13 Å². The van der Waals surface area contributed by atoms with Gasteiger partial charge in [-0.05, 0) is 49.9 Å². The highest BCUT2D eigenvalue weighted by atomic mass is 32.1. The first-order valence-corrected chi connectivity index (χ1v) is 10.4. The van der Waals surface area contributed by atoms with Gasteiger partial charge in [-0.2, -0.15) is 0 Å². The van der Waals surface area contributed by atoms with Gasteiger partial charge in [-0.15, -0.1) is 11.3 Å². The highest BCUT2D eigenvalue weighted by molar-refractivity contribution is 7.14. The van der Waals surface area contributed by atoms with Gasteiger partial charge in [0, 0.05) is 43.2 Å². The predicted octanol–water partition coefficient (Wildman–Crippen LogP) is 3.89. The van der Waals surface area contributed by atoms with Gasteiger partial charge in [0.05, 0.1) is 18.9 Å². The van der Waals surface area contributed by atoms with Crippen molar-refractivity contribution in [3.05, 3.63) is 35.5 Å². The van der Waals surface area contributed by atoms with Crippen molar-refractivity contribution in [1.29, 1.82) is 0 Å². The number of thiazole rings is 1. The fraction of sp³-hybridized carbons (Fsp3) is 0.550. The smallest absolute Gasteiger partial charge is 0.185 e. The van der Waals surface area contributed by atoms with Crippen molar-refractivity contribution in [2.24, 2.45) is 5.92 Å². The minimum atomic E-state index is -0.208. The maximum absolute atomic E-state index is 13.1. The van der Waals surface area contributed by atoms with Crippen LogP contribution >= 0.6 is 11.3 Å². The van der Waals surface area contributed by atoms with Gasteiger partial charge in [0.25, 0.3) is 0 Å². The quantitative estimate of drug-likeness (QED) is 0.811. The number of benzene rings is 1. The Morgan fingerprint density at radius 2 is 1.81 bits per heavy atom. The number of aromatic nitrogens is 1. The Balaban J connectivity index is 1.35. The molecule has 0 N–H and O–H groups in total. The molecule has 2 aliphatic heterocycles. The molecular formula is C20H26FN3OS. The zero-order valence-electron chi connectivity index (χ0n) is 15.2. The van der Waals surface area contributed by atoms with Gasteiger partial charge in [-0.1, -0.05) is 0 Å². The van der Waals surface area contributed by atoms with E-state index in [2.05, 4.69) is 22.1 Å². The molecule has 3 heterocycles. The van der Waals surface area contributed by atoms with E-state index in [0.29, 0.717) is 6.04 Å². The summed E-state index contributed by atoms with van der Waals surface area (Å²) in [5, 5.41) is 3.16. The van der Waals surface area contributed by atoms with Gasteiger partial charge in [0.2, 0.25) is 0 Å². The number of rotatable bonds is 4. The van der Waals surface area contributed by atoms with E-state index in [1.807, 2.05) is 0 Å². The summed E-state index contributed by atoms with van der Waals surface area (Å²) in [6, 6.07) is 7.21. The average molecular weight is 376 g/mol. The summed E-state index contributed by atoms with van der Waals surface area (Å²) in [5.74, 6) is 0.543. The number of nitrogens with zero attached hydrogens (tertiary/aromatic N) is 3. The number of halogens is 1. The zero-order chi connectivity index (χ0) is 17.9. The van der Waals surface area contributed by atoms with Crippen LogP contribution in [0.1, 0.15) is 19.8 Å². The first-order chi connectivity index (χ1) is 12.7. The largest absolute Gasteiger partial charge is 0.379 e. The molecule has 0 bridgehead atoms. The third-order valence-corrected chi connectivity index (χ3v) is 6.65. The molecular weight excluding hydrogens is 349 g/mol. The molecule has 4 nitrogen and oxygen atoms in total. The molecule has 4 rings (SSSR count). The fourth-order valence-corrected chi connectivity index (χ4v) is 4.91. The Hall–Kier alpha value is -1.50. The lowest BCUT2D eigenvalue weighted by Crippen LogP contribution is -2.48. The van der Waals surface area contributed by atoms with E-state index in [9.17, 15) is 4.39 Å². The Labute approximate surface area is 158 Å². The SMILES string of the molecule is CC(C1CCN(c2nc(-c3ccc(F)cc3)cs2)CC1)N1CCOCC1. The Bertz CT molecular complexity index is 706. The van der Waals surface area contributed by atoms with E-state index in [-0.39, 0.29) is 5.82 Å². The monoisotopic (exact) mass is 375 g/mol. The molecule has 1 aromatic carbocycles. The first kappa shape index (κ1) is 17.9. The molecule has 0 saturated carbocycles. The van der Waals surface area contributed by atoms with E-state index in [4.69, 9.17) is 9.72 Å². The summed E-state index contributed by atoms with van der Waals surface area (Å²) in [5.41, 5.74) is 1.92. The Morgan fingerprint density at radius 3 is 2.50 bits per heavy atom. The molecule has 1 aromatic heterocycles. The standard InChI is InChI=1S/C20H26FN3OS/c1-15(23-10-12-25-13-11-23)16-6-8-24(9-7-16)20-22-19(14-26-20)17-2-4-18(21)5-3-17/h2-5,14-16H,6-13H2,1H3. The zero-order valence-corrected chi connectivity index (χ0v) is 16.1. The van der Waals surface area contributed by atoms with Crippen LogP contribution in [0.4, 0.5) is 9.52 Å². The van der Waals surface area contributed by atoms with Gasteiger partial charge in [-0.3, -0.25) is 4.90 Å². The molecule has 0 amide bonds. The molecule has 26 heavy (non-hydrogen) atoms. The van der Waals surface area contributed by atoms with E-state index >= 15 is 0 Å². The first-order valence-electron chi connectivity index (χ1n) is 9.49. The van der Waals surface area contributed by atoms with E-state index in [0.717, 1.165) is 61.7 Å². The second kappa shape index (κ2) is 8.03. The third-order valence-electron chi connectivity index (χ3n) is 5.75. The maximum atomic E-state index is 13.1. The highest BCUT2D eigenvalue weighted by Gasteiger charge is 2.29. The summed E-state index contributed by atoms with van der Waals surface area (Å²) in [6.45, 7) is 8.37. The molecule has 0 spiro atoms. The van der Waals surface area contributed by atoms with Crippen LogP contribution in [0, 0.1) is 11.7 Å². The minimum Gasteiger partial charge on any atom is -0.379 e. The molecule has 0 aliphatic carbocycles. The molecule has 6 heteroatoms. The molecule has 140 valence electrons. The minimum absolute atomic E-state index is 0.208. The van der Waals surface area contributed by atoms with Crippen molar-refractivity contribution in [1.82, 2.24) is 9.88 Å². The normalized spacial score (nSPS) is 21.1. The molecule has 1 unspecified atom stereocenters. The molecule has 1 atom stereocenters. The van der Waals surface area contributed by atoms with Gasteiger partial charge < -0.3 is 9.64 Å². The summed E-state index contributed by atoms with van der Waals surface area (Å²) >= 11 is 1.69. The van der Waals surface area contributed by atoms with Crippen LogP contribution < -0.4 is 4.90 Å². The van der Waals surface area contributed by atoms with E-state index in [1.165, 1.54) is 25.0 Å². The van der Waals surface area contributed by atoms with E-state index in [1.54, 1.807) is 23.5 Å². The van der Waals surface area contributed by atoms with Gasteiger partial charge in [0.1, 0.15) is 5.82 Å². The van der Waals surface area contributed by atoms with Gasteiger partial charge in [-0.25, -0.2) is 9.37 Å². The fourth-order valence-electron chi connectivity index (χ4n) is 4.02. The van der Waals surface area contributed by atoms with Crippen molar-refractivity contribution >= 4 is 16.5 Å². The third kappa shape index (κ3) is 3.92. The van der Waals surface area contributed by atoms with Crippen molar-refractivity contribution < 1.29 is 9.13 Å². The summed E-state index contributed by atoms with van der Waals surface area (Å²) < 4.78 is 18.6. The summed E-state index contributed by atoms with van der Waals surface area (Å²) in [6.07, 6.45) is 2.42. The number of anilines is 1. The topological polar surface area (TPSA) is 28.6 Å². The van der Waals surface area contributed by atoms with Crippen LogP contribution in [0.3, 0.4) is 0 Å². The van der Waals surface area contributed by atoms with Crippen molar-refractivity contribution in [3.8, 4) is 11.3 Å². The Morgan fingerprint density at radius 1 is 1.12 bits per heavy atom. The maximum Gasteiger partial charge on any atom is 0.185 e. The molecule has 2 saturated heterocycles. The van der Waals surface area contributed by atoms with Crippen LogP contribution in [0.25, 0.3) is 11.3 Å². The lowest BCUT2D eigenvalue weighted by molar-refractivity contribution is 0.00449.